The molecule has 6 rings (SSSR count). The summed E-state index contributed by atoms with van der Waals surface area (Å²) < 4.78 is 28.3. The molecule has 2 aliphatic rings. The predicted octanol–water partition coefficient (Wildman–Crippen LogP) is 5.25. The second kappa shape index (κ2) is 10.9. The highest BCUT2D eigenvalue weighted by molar-refractivity contribution is 6.04. The third-order valence-electron chi connectivity index (χ3n) is 7.01. The lowest BCUT2D eigenvalue weighted by Crippen LogP contribution is -2.47. The van der Waals surface area contributed by atoms with E-state index in [1.807, 2.05) is 31.2 Å². The Morgan fingerprint density at radius 1 is 1.15 bits per heavy atom. The predicted molar refractivity (Wildman–Crippen MR) is 149 cm³/mol. The number of carbonyl (C=O) groups excluding carboxylic acids is 2. The van der Waals surface area contributed by atoms with E-state index < -0.39 is 23.5 Å². The molecule has 0 aliphatic carbocycles. The van der Waals surface area contributed by atoms with Gasteiger partial charge in [0.15, 0.2) is 17.8 Å². The molecule has 2 aromatic heterocycles. The molecule has 3 amide bonds. The number of pyridine rings is 2. The Morgan fingerprint density at radius 2 is 1.98 bits per heavy atom. The van der Waals surface area contributed by atoms with Crippen molar-refractivity contribution in [2.75, 3.05) is 23.8 Å². The smallest absolute Gasteiger partial charge is 0.325 e. The van der Waals surface area contributed by atoms with Crippen molar-refractivity contribution in [3.8, 4) is 17.2 Å². The van der Waals surface area contributed by atoms with Crippen LogP contribution in [0.25, 0.3) is 5.69 Å². The number of anilines is 2. The highest BCUT2D eigenvalue weighted by atomic mass is 19.1. The largest absolute Gasteiger partial charge is 0.454 e. The molecule has 10 nitrogen and oxygen atoms in total. The van der Waals surface area contributed by atoms with Crippen LogP contribution in [0.3, 0.4) is 0 Å². The molecule has 1 atom stereocenters. The van der Waals surface area contributed by atoms with E-state index in [0.717, 1.165) is 18.1 Å². The minimum Gasteiger partial charge on any atom is -0.454 e. The number of rotatable bonds is 6. The zero-order valence-corrected chi connectivity index (χ0v) is 22.1. The fourth-order valence-electron chi connectivity index (χ4n) is 4.88. The summed E-state index contributed by atoms with van der Waals surface area (Å²) in [5, 5.41) is 5.31. The molecule has 4 aromatic rings. The van der Waals surface area contributed by atoms with Gasteiger partial charge in [0.2, 0.25) is 0 Å². The second-order valence-electron chi connectivity index (χ2n) is 9.59. The summed E-state index contributed by atoms with van der Waals surface area (Å²) in [7, 11) is 0. The van der Waals surface area contributed by atoms with E-state index in [0.29, 0.717) is 30.8 Å². The zero-order chi connectivity index (χ0) is 28.5. The molecule has 0 spiro atoms. The molecule has 0 saturated carbocycles. The van der Waals surface area contributed by atoms with E-state index in [2.05, 4.69) is 15.6 Å². The molecule has 2 N–H and O–H groups in total. The van der Waals surface area contributed by atoms with E-state index in [1.165, 1.54) is 33.9 Å². The molecule has 41 heavy (non-hydrogen) atoms. The first kappa shape index (κ1) is 26.2. The SMILES string of the molecule is CCc1ccc(-n2cccc(C(=O)Nc3ccc(Oc4ccnc5c4C4OCCCN4C(=O)N5)c(F)c3)c2=O)cc1. The lowest BCUT2D eigenvalue weighted by atomic mass is 10.1. The standard InChI is InChI=1S/C30H26FN5O5/c1-2-18-6-9-20(10-7-18)35-14-3-5-21(28(35)38)27(37)33-19-8-11-23(22(31)17-19)41-24-12-13-32-26-25(24)29-36(30(39)34-26)15-4-16-40-29/h3,5-14,17,29H,2,4,15-16H2,1H3,(H,33,37)(H,32,34,39). The maximum absolute atomic E-state index is 15.2. The van der Waals surface area contributed by atoms with E-state index >= 15 is 4.39 Å². The molecule has 4 heterocycles. The average molecular weight is 556 g/mol. The van der Waals surface area contributed by atoms with Gasteiger partial charge in [0, 0.05) is 36.4 Å². The Bertz CT molecular complexity index is 1700. The van der Waals surface area contributed by atoms with Crippen molar-refractivity contribution in [2.24, 2.45) is 0 Å². The van der Waals surface area contributed by atoms with Crippen molar-refractivity contribution in [3.63, 3.8) is 0 Å². The minimum atomic E-state index is -0.740. The Hall–Kier alpha value is -5.03. The van der Waals surface area contributed by atoms with E-state index in [4.69, 9.17) is 9.47 Å². The second-order valence-corrected chi connectivity index (χ2v) is 9.59. The number of hydrogen-bond donors (Lipinski definition) is 2. The Kier molecular flexibility index (Phi) is 6.94. The number of benzene rings is 2. The fourth-order valence-corrected chi connectivity index (χ4v) is 4.88. The van der Waals surface area contributed by atoms with Gasteiger partial charge in [-0.05, 0) is 60.9 Å². The van der Waals surface area contributed by atoms with Gasteiger partial charge < -0.3 is 14.8 Å². The molecule has 1 fully saturated rings. The van der Waals surface area contributed by atoms with Gasteiger partial charge in [-0.3, -0.25) is 24.4 Å². The first-order chi connectivity index (χ1) is 19.9. The zero-order valence-electron chi connectivity index (χ0n) is 22.1. The third kappa shape index (κ3) is 5.03. The number of fused-ring (bicyclic) bond motifs is 3. The van der Waals surface area contributed by atoms with Crippen LogP contribution in [0.15, 0.2) is 77.9 Å². The van der Waals surface area contributed by atoms with E-state index in [1.54, 1.807) is 18.3 Å². The molecular formula is C30H26FN5O5. The quantitative estimate of drug-likeness (QED) is 0.336. The topological polar surface area (TPSA) is 115 Å². The van der Waals surface area contributed by atoms with Crippen LogP contribution in [0.4, 0.5) is 20.7 Å². The molecule has 11 heteroatoms. The lowest BCUT2D eigenvalue weighted by Gasteiger charge is -2.39. The molecule has 0 bridgehead atoms. The van der Waals surface area contributed by atoms with Gasteiger partial charge in [-0.15, -0.1) is 0 Å². The number of urea groups is 1. The Balaban J connectivity index is 1.22. The minimum absolute atomic E-state index is 0.0877. The van der Waals surface area contributed by atoms with Crippen LogP contribution in [-0.2, 0) is 11.2 Å². The normalized spacial score (nSPS) is 15.9. The van der Waals surface area contributed by atoms with Crippen LogP contribution in [0.1, 0.15) is 41.1 Å². The van der Waals surface area contributed by atoms with Crippen molar-refractivity contribution in [1.29, 1.82) is 0 Å². The van der Waals surface area contributed by atoms with Gasteiger partial charge in [-0.1, -0.05) is 19.1 Å². The number of halogens is 1. The van der Waals surface area contributed by atoms with Crippen LogP contribution < -0.4 is 20.9 Å². The number of aryl methyl sites for hydroxylation is 1. The van der Waals surface area contributed by atoms with E-state index in [9.17, 15) is 14.4 Å². The maximum atomic E-state index is 15.2. The number of nitrogens with zero attached hydrogens (tertiary/aromatic N) is 3. The first-order valence-electron chi connectivity index (χ1n) is 13.2. The molecule has 2 aliphatic heterocycles. The van der Waals surface area contributed by atoms with Gasteiger partial charge >= 0.3 is 6.03 Å². The summed E-state index contributed by atoms with van der Waals surface area (Å²) in [6, 6.07) is 15.7. The summed E-state index contributed by atoms with van der Waals surface area (Å²) in [5.41, 5.74) is 1.82. The van der Waals surface area contributed by atoms with Crippen LogP contribution in [0.5, 0.6) is 11.5 Å². The number of carbonyl (C=O) groups is 2. The highest BCUT2D eigenvalue weighted by Gasteiger charge is 2.38. The molecular weight excluding hydrogens is 529 g/mol. The highest BCUT2D eigenvalue weighted by Crippen LogP contribution is 2.42. The number of amides is 3. The van der Waals surface area contributed by atoms with Crippen LogP contribution in [0, 0.1) is 5.82 Å². The van der Waals surface area contributed by atoms with Crippen molar-refractivity contribution >= 4 is 23.4 Å². The van der Waals surface area contributed by atoms with Crippen LogP contribution in [0.2, 0.25) is 0 Å². The first-order valence-corrected chi connectivity index (χ1v) is 13.2. The van der Waals surface area contributed by atoms with Gasteiger partial charge in [0.05, 0.1) is 12.2 Å². The van der Waals surface area contributed by atoms with Crippen molar-refractivity contribution in [2.45, 2.75) is 26.0 Å². The Labute approximate surface area is 234 Å². The average Bonchev–Trinajstić information content (AvgIpc) is 2.99. The molecule has 1 saturated heterocycles. The molecule has 2 aromatic carbocycles. The maximum Gasteiger partial charge on any atom is 0.325 e. The summed E-state index contributed by atoms with van der Waals surface area (Å²) in [6.07, 6.45) is 3.91. The van der Waals surface area contributed by atoms with Crippen LogP contribution in [-0.4, -0.2) is 39.5 Å². The third-order valence-corrected chi connectivity index (χ3v) is 7.01. The number of hydrogen-bond acceptors (Lipinski definition) is 6. The molecule has 0 radical (unpaired) electrons. The lowest BCUT2D eigenvalue weighted by molar-refractivity contribution is -0.0749. The number of aromatic nitrogens is 2. The summed E-state index contributed by atoms with van der Waals surface area (Å²) in [5.74, 6) is -0.949. The number of nitrogens with one attached hydrogen (secondary N) is 2. The summed E-state index contributed by atoms with van der Waals surface area (Å²) in [4.78, 5) is 44.2. The van der Waals surface area contributed by atoms with Gasteiger partial charge in [0.25, 0.3) is 11.5 Å². The molecule has 208 valence electrons. The number of ether oxygens (including phenoxy) is 2. The van der Waals surface area contributed by atoms with Crippen molar-refractivity contribution < 1.29 is 23.5 Å². The van der Waals surface area contributed by atoms with Gasteiger partial charge in [-0.2, -0.15) is 0 Å². The van der Waals surface area contributed by atoms with Crippen molar-refractivity contribution in [1.82, 2.24) is 14.5 Å². The summed E-state index contributed by atoms with van der Waals surface area (Å²) >= 11 is 0. The summed E-state index contributed by atoms with van der Waals surface area (Å²) in [6.45, 7) is 3.01. The van der Waals surface area contributed by atoms with E-state index in [-0.39, 0.29) is 34.6 Å². The monoisotopic (exact) mass is 555 g/mol. The van der Waals surface area contributed by atoms with Crippen LogP contribution >= 0.6 is 0 Å². The van der Waals surface area contributed by atoms with Gasteiger partial charge in [-0.25, -0.2) is 14.2 Å². The van der Waals surface area contributed by atoms with Crippen molar-refractivity contribution in [3.05, 3.63) is 106 Å². The van der Waals surface area contributed by atoms with Gasteiger partial charge in [0.1, 0.15) is 17.1 Å². The molecule has 1 unspecified atom stereocenters. The Morgan fingerprint density at radius 3 is 2.76 bits per heavy atom. The fraction of sp³-hybridized carbons (Fsp3) is 0.200.